The van der Waals surface area contributed by atoms with Crippen molar-refractivity contribution >= 4 is 5.97 Å². The molecule has 0 unspecified atom stereocenters. The van der Waals surface area contributed by atoms with Crippen LogP contribution in [0.4, 0.5) is 0 Å². The highest BCUT2D eigenvalue weighted by molar-refractivity contribution is 5.88. The summed E-state index contributed by atoms with van der Waals surface area (Å²) in [7, 11) is 0. The van der Waals surface area contributed by atoms with Crippen LogP contribution in [0.15, 0.2) is 36.7 Å². The number of aromatic nitrogens is 2. The Balaban J connectivity index is 2.07. The van der Waals surface area contributed by atoms with Gasteiger partial charge in [0.15, 0.2) is 0 Å². The maximum Gasteiger partial charge on any atom is 0.341 e. The number of carbonyl (C=O) groups excluding carboxylic acids is 1. The van der Waals surface area contributed by atoms with Crippen molar-refractivity contribution in [3.8, 4) is 0 Å². The second kappa shape index (κ2) is 6.12. The summed E-state index contributed by atoms with van der Waals surface area (Å²) in [5.74, 6) is -0.327. The summed E-state index contributed by atoms with van der Waals surface area (Å²) < 4.78 is 6.70. The van der Waals surface area contributed by atoms with Crippen molar-refractivity contribution in [3.63, 3.8) is 0 Å². The topological polar surface area (TPSA) is 44.1 Å². The lowest BCUT2D eigenvalue weighted by Gasteiger charge is -2.19. The Morgan fingerprint density at radius 2 is 1.90 bits per heavy atom. The van der Waals surface area contributed by atoms with E-state index in [4.69, 9.17) is 4.74 Å². The lowest BCUT2D eigenvalue weighted by Crippen LogP contribution is -2.11. The first-order chi connectivity index (χ1) is 9.90. The zero-order valence-corrected chi connectivity index (χ0v) is 13.1. The van der Waals surface area contributed by atoms with Crippen molar-refractivity contribution in [2.45, 2.75) is 39.7 Å². The molecule has 1 aromatic heterocycles. The number of hydrogen-bond donors (Lipinski definition) is 0. The quantitative estimate of drug-likeness (QED) is 0.809. The van der Waals surface area contributed by atoms with Gasteiger partial charge in [-0.2, -0.15) is 5.10 Å². The minimum atomic E-state index is -0.327. The molecule has 0 bridgehead atoms. The average molecular weight is 286 g/mol. The minimum Gasteiger partial charge on any atom is -0.462 e. The van der Waals surface area contributed by atoms with E-state index in [0.29, 0.717) is 18.7 Å². The molecule has 0 saturated carbocycles. The smallest absolute Gasteiger partial charge is 0.341 e. The highest BCUT2D eigenvalue weighted by atomic mass is 16.5. The zero-order chi connectivity index (χ0) is 15.5. The van der Waals surface area contributed by atoms with E-state index < -0.39 is 0 Å². The minimum absolute atomic E-state index is 0.154. The van der Waals surface area contributed by atoms with E-state index in [2.05, 4.69) is 50.1 Å². The van der Waals surface area contributed by atoms with Gasteiger partial charge >= 0.3 is 5.97 Å². The van der Waals surface area contributed by atoms with Crippen molar-refractivity contribution in [3.05, 3.63) is 53.3 Å². The normalized spacial score (nSPS) is 11.4. The average Bonchev–Trinajstić information content (AvgIpc) is 2.87. The molecule has 0 aliphatic carbocycles. The standard InChI is InChI=1S/C17H22N2O2/c1-5-21-16(20)14-10-18-19(12-14)11-13-6-8-15(9-7-13)17(2,3)4/h6-10,12H,5,11H2,1-4H3. The van der Waals surface area contributed by atoms with E-state index in [1.54, 1.807) is 24.0 Å². The molecule has 0 saturated heterocycles. The molecule has 0 radical (unpaired) electrons. The lowest BCUT2D eigenvalue weighted by atomic mass is 9.87. The third-order valence-electron chi connectivity index (χ3n) is 3.31. The monoisotopic (exact) mass is 286 g/mol. The van der Waals surface area contributed by atoms with Gasteiger partial charge in [-0.3, -0.25) is 4.68 Å². The molecule has 4 nitrogen and oxygen atoms in total. The fraction of sp³-hybridized carbons (Fsp3) is 0.412. The number of esters is 1. The van der Waals surface area contributed by atoms with E-state index in [9.17, 15) is 4.79 Å². The van der Waals surface area contributed by atoms with Crippen molar-refractivity contribution in [1.82, 2.24) is 9.78 Å². The Morgan fingerprint density at radius 1 is 1.24 bits per heavy atom. The number of benzene rings is 1. The van der Waals surface area contributed by atoms with Crippen molar-refractivity contribution in [1.29, 1.82) is 0 Å². The van der Waals surface area contributed by atoms with Crippen LogP contribution in [0.25, 0.3) is 0 Å². The number of rotatable bonds is 4. The molecule has 0 aliphatic rings. The molecular formula is C17H22N2O2. The third-order valence-corrected chi connectivity index (χ3v) is 3.31. The van der Waals surface area contributed by atoms with E-state index in [1.807, 2.05) is 0 Å². The number of ether oxygens (including phenoxy) is 1. The molecule has 0 amide bonds. The molecule has 2 rings (SSSR count). The van der Waals surface area contributed by atoms with Crippen molar-refractivity contribution < 1.29 is 9.53 Å². The van der Waals surface area contributed by atoms with Crippen LogP contribution in [0.2, 0.25) is 0 Å². The van der Waals surface area contributed by atoms with Crippen LogP contribution in [0, 0.1) is 0 Å². The van der Waals surface area contributed by atoms with Crippen molar-refractivity contribution in [2.24, 2.45) is 0 Å². The van der Waals surface area contributed by atoms with E-state index in [1.165, 1.54) is 5.56 Å². The Hall–Kier alpha value is -2.10. The number of carbonyl (C=O) groups is 1. The fourth-order valence-corrected chi connectivity index (χ4v) is 2.07. The maximum absolute atomic E-state index is 11.6. The lowest BCUT2D eigenvalue weighted by molar-refractivity contribution is 0.0526. The van der Waals surface area contributed by atoms with Gasteiger partial charge in [-0.1, -0.05) is 45.0 Å². The highest BCUT2D eigenvalue weighted by Gasteiger charge is 2.13. The van der Waals surface area contributed by atoms with Crippen molar-refractivity contribution in [2.75, 3.05) is 6.61 Å². The SMILES string of the molecule is CCOC(=O)c1cnn(Cc2ccc(C(C)(C)C)cc2)c1. The molecular weight excluding hydrogens is 264 g/mol. The summed E-state index contributed by atoms with van der Waals surface area (Å²) in [5.41, 5.74) is 3.10. The van der Waals surface area contributed by atoms with Crippen LogP contribution in [-0.2, 0) is 16.7 Å². The van der Waals surface area contributed by atoms with Crippen LogP contribution >= 0.6 is 0 Å². The Kier molecular flexibility index (Phi) is 4.46. The maximum atomic E-state index is 11.6. The van der Waals surface area contributed by atoms with Gasteiger partial charge in [0, 0.05) is 6.20 Å². The van der Waals surface area contributed by atoms with Gasteiger partial charge in [-0.15, -0.1) is 0 Å². The first kappa shape index (κ1) is 15.3. The van der Waals surface area contributed by atoms with Gasteiger partial charge in [0.05, 0.1) is 24.9 Å². The molecule has 0 aliphatic heterocycles. The summed E-state index contributed by atoms with van der Waals surface area (Å²) in [6.07, 6.45) is 3.26. The summed E-state index contributed by atoms with van der Waals surface area (Å²) in [4.78, 5) is 11.6. The zero-order valence-electron chi connectivity index (χ0n) is 13.1. The van der Waals surface area contributed by atoms with Gasteiger partial charge in [0.2, 0.25) is 0 Å². The van der Waals surface area contributed by atoms with Gasteiger partial charge in [-0.25, -0.2) is 4.79 Å². The van der Waals surface area contributed by atoms with E-state index in [-0.39, 0.29) is 11.4 Å². The molecule has 0 N–H and O–H groups in total. The van der Waals surface area contributed by atoms with Crippen LogP contribution in [0.5, 0.6) is 0 Å². The Labute approximate surface area is 125 Å². The molecule has 2 aromatic rings. The molecule has 1 aromatic carbocycles. The Bertz CT molecular complexity index is 606. The van der Waals surface area contributed by atoms with Crippen LogP contribution in [-0.4, -0.2) is 22.4 Å². The first-order valence-electron chi connectivity index (χ1n) is 7.19. The van der Waals surface area contributed by atoms with Gasteiger partial charge < -0.3 is 4.74 Å². The summed E-state index contributed by atoms with van der Waals surface area (Å²) in [6, 6.07) is 8.49. The van der Waals surface area contributed by atoms with Crippen LogP contribution < -0.4 is 0 Å². The second-order valence-electron chi connectivity index (χ2n) is 6.09. The molecule has 4 heteroatoms. The van der Waals surface area contributed by atoms with Crippen LogP contribution in [0.3, 0.4) is 0 Å². The second-order valence-corrected chi connectivity index (χ2v) is 6.09. The first-order valence-corrected chi connectivity index (χ1v) is 7.19. The summed E-state index contributed by atoms with van der Waals surface area (Å²) >= 11 is 0. The molecule has 112 valence electrons. The Morgan fingerprint density at radius 3 is 2.48 bits per heavy atom. The number of hydrogen-bond acceptors (Lipinski definition) is 3. The van der Waals surface area contributed by atoms with Crippen LogP contribution in [0.1, 0.15) is 49.2 Å². The largest absolute Gasteiger partial charge is 0.462 e. The molecule has 0 atom stereocenters. The molecule has 0 fully saturated rings. The predicted molar refractivity (Wildman–Crippen MR) is 82.4 cm³/mol. The molecule has 0 spiro atoms. The highest BCUT2D eigenvalue weighted by Crippen LogP contribution is 2.22. The van der Waals surface area contributed by atoms with Gasteiger partial charge in [-0.05, 0) is 23.5 Å². The predicted octanol–water partition coefficient (Wildman–Crippen LogP) is 3.41. The molecule has 21 heavy (non-hydrogen) atoms. The fourth-order valence-electron chi connectivity index (χ4n) is 2.07. The number of nitrogens with zero attached hydrogens (tertiary/aromatic N) is 2. The van der Waals surface area contributed by atoms with Gasteiger partial charge in [0.1, 0.15) is 0 Å². The third kappa shape index (κ3) is 3.94. The molecule has 1 heterocycles. The summed E-state index contributed by atoms with van der Waals surface area (Å²) in [6.45, 7) is 9.39. The summed E-state index contributed by atoms with van der Waals surface area (Å²) in [5, 5.41) is 4.20. The van der Waals surface area contributed by atoms with Gasteiger partial charge in [0.25, 0.3) is 0 Å². The van der Waals surface area contributed by atoms with E-state index in [0.717, 1.165) is 5.56 Å². The van der Waals surface area contributed by atoms with E-state index >= 15 is 0 Å².